The van der Waals surface area contributed by atoms with Gasteiger partial charge >= 0.3 is 0 Å². The Kier molecular flexibility index (Phi) is 2.78. The van der Waals surface area contributed by atoms with Crippen LogP contribution in [0.25, 0.3) is 0 Å². The van der Waals surface area contributed by atoms with E-state index in [0.717, 1.165) is 0 Å². The highest BCUT2D eigenvalue weighted by atomic mass is 32.1. The molecule has 2 rings (SSSR count). The van der Waals surface area contributed by atoms with E-state index >= 15 is 0 Å². The first-order valence-corrected chi connectivity index (χ1v) is 4.95. The number of rotatable bonds is 3. The molecule has 0 aliphatic heterocycles. The van der Waals surface area contributed by atoms with Gasteiger partial charge in [0.2, 0.25) is 0 Å². The highest BCUT2D eigenvalue weighted by Crippen LogP contribution is 2.14. The van der Waals surface area contributed by atoms with Crippen LogP contribution in [-0.2, 0) is 7.05 Å². The number of thiocarbonyl (C=S) groups is 1. The van der Waals surface area contributed by atoms with Crippen molar-refractivity contribution in [2.45, 2.75) is 0 Å². The summed E-state index contributed by atoms with van der Waals surface area (Å²) in [5, 5.41) is 7.16. The number of aryl methyl sites for hydroxylation is 1. The third-order valence-electron chi connectivity index (χ3n) is 1.89. The fourth-order valence-corrected chi connectivity index (χ4v) is 1.36. The molecule has 0 atom stereocenters. The van der Waals surface area contributed by atoms with E-state index in [4.69, 9.17) is 18.0 Å². The second-order valence-electron chi connectivity index (χ2n) is 3.12. The zero-order valence-corrected chi connectivity index (χ0v) is 9.40. The normalized spacial score (nSPS) is 10.1. The summed E-state index contributed by atoms with van der Waals surface area (Å²) in [6.45, 7) is 0. The van der Waals surface area contributed by atoms with E-state index in [-0.39, 0.29) is 4.99 Å². The Morgan fingerprint density at radius 1 is 1.44 bits per heavy atom. The summed E-state index contributed by atoms with van der Waals surface area (Å²) in [5.74, 6) is 1.18. The summed E-state index contributed by atoms with van der Waals surface area (Å²) in [6, 6.07) is 1.82. The van der Waals surface area contributed by atoms with E-state index in [1.165, 1.54) is 6.20 Å². The predicted octanol–water partition coefficient (Wildman–Crippen LogP) is 0.588. The van der Waals surface area contributed by atoms with Crippen LogP contribution < -0.4 is 11.1 Å². The number of nitrogens with two attached hydrogens (primary N) is 1. The highest BCUT2D eigenvalue weighted by Gasteiger charge is 2.08. The van der Waals surface area contributed by atoms with Crippen LogP contribution in [-0.4, -0.2) is 24.7 Å². The van der Waals surface area contributed by atoms with Crippen molar-refractivity contribution < 1.29 is 0 Å². The van der Waals surface area contributed by atoms with Gasteiger partial charge in [-0.05, 0) is 0 Å². The van der Waals surface area contributed by atoms with Crippen molar-refractivity contribution in [1.82, 2.24) is 19.7 Å². The van der Waals surface area contributed by atoms with Gasteiger partial charge in [0.25, 0.3) is 0 Å². The average molecular weight is 234 g/mol. The van der Waals surface area contributed by atoms with Gasteiger partial charge in [-0.25, -0.2) is 9.97 Å². The Labute approximate surface area is 97.5 Å². The molecule has 0 aliphatic rings. The minimum Gasteiger partial charge on any atom is -0.388 e. The Balaban J connectivity index is 2.31. The van der Waals surface area contributed by atoms with Crippen LogP contribution in [0.1, 0.15) is 5.69 Å². The molecule has 7 heteroatoms. The van der Waals surface area contributed by atoms with E-state index < -0.39 is 0 Å². The molecule has 2 heterocycles. The zero-order chi connectivity index (χ0) is 11.5. The van der Waals surface area contributed by atoms with E-state index in [1.54, 1.807) is 10.9 Å². The van der Waals surface area contributed by atoms with Gasteiger partial charge in [-0.2, -0.15) is 5.10 Å². The van der Waals surface area contributed by atoms with Crippen LogP contribution in [0.5, 0.6) is 0 Å². The van der Waals surface area contributed by atoms with Crippen LogP contribution in [0.15, 0.2) is 24.7 Å². The molecule has 0 fully saturated rings. The van der Waals surface area contributed by atoms with Crippen molar-refractivity contribution in [3.05, 3.63) is 30.4 Å². The summed E-state index contributed by atoms with van der Waals surface area (Å²) in [4.78, 5) is 8.37. The van der Waals surface area contributed by atoms with Gasteiger partial charge in [0.15, 0.2) is 11.6 Å². The first-order valence-electron chi connectivity index (χ1n) is 4.54. The third kappa shape index (κ3) is 2.14. The standard InChI is InChI=1S/C9H10N6S/c1-15-5-2-6(14-15)13-9-7(8(10)16)11-3-4-12-9/h2-5H,1H3,(H2,10,16)(H,12,13,14). The summed E-state index contributed by atoms with van der Waals surface area (Å²) in [6.07, 6.45) is 4.92. The smallest absolute Gasteiger partial charge is 0.160 e. The maximum absolute atomic E-state index is 5.54. The summed E-state index contributed by atoms with van der Waals surface area (Å²) in [5.41, 5.74) is 6.00. The molecule has 0 saturated carbocycles. The van der Waals surface area contributed by atoms with Crippen LogP contribution in [0, 0.1) is 0 Å². The van der Waals surface area contributed by atoms with Crippen molar-refractivity contribution in [2.75, 3.05) is 5.32 Å². The monoisotopic (exact) mass is 234 g/mol. The average Bonchev–Trinajstić information content (AvgIpc) is 2.64. The molecular formula is C9H10N6S. The lowest BCUT2D eigenvalue weighted by Gasteiger charge is -2.05. The molecule has 0 aliphatic carbocycles. The molecule has 2 aromatic rings. The van der Waals surface area contributed by atoms with Crippen molar-refractivity contribution in [1.29, 1.82) is 0 Å². The maximum atomic E-state index is 5.54. The Morgan fingerprint density at radius 3 is 2.81 bits per heavy atom. The van der Waals surface area contributed by atoms with E-state index in [0.29, 0.717) is 17.3 Å². The van der Waals surface area contributed by atoms with Crippen LogP contribution >= 0.6 is 12.2 Å². The zero-order valence-electron chi connectivity index (χ0n) is 8.58. The lowest BCUT2D eigenvalue weighted by atomic mass is 10.4. The van der Waals surface area contributed by atoms with Crippen molar-refractivity contribution in [3.8, 4) is 0 Å². The molecule has 82 valence electrons. The molecule has 6 nitrogen and oxygen atoms in total. The molecule has 16 heavy (non-hydrogen) atoms. The predicted molar refractivity (Wildman–Crippen MR) is 64.4 cm³/mol. The molecule has 0 aromatic carbocycles. The number of hydrogen-bond acceptors (Lipinski definition) is 5. The lowest BCUT2D eigenvalue weighted by Crippen LogP contribution is -2.15. The summed E-state index contributed by atoms with van der Waals surface area (Å²) < 4.78 is 1.68. The highest BCUT2D eigenvalue weighted by molar-refractivity contribution is 7.80. The van der Waals surface area contributed by atoms with E-state index in [1.807, 2.05) is 19.3 Å². The number of nitrogens with one attached hydrogen (secondary N) is 1. The van der Waals surface area contributed by atoms with Crippen LogP contribution in [0.4, 0.5) is 11.6 Å². The van der Waals surface area contributed by atoms with Crippen LogP contribution in [0.3, 0.4) is 0 Å². The fraction of sp³-hybridized carbons (Fsp3) is 0.111. The Hall–Kier alpha value is -2.02. The third-order valence-corrected chi connectivity index (χ3v) is 2.09. The summed E-state index contributed by atoms with van der Waals surface area (Å²) in [7, 11) is 1.83. The topological polar surface area (TPSA) is 81.7 Å². The van der Waals surface area contributed by atoms with Crippen molar-refractivity contribution >= 4 is 28.8 Å². The molecule has 0 amide bonds. The van der Waals surface area contributed by atoms with E-state index in [2.05, 4.69) is 20.4 Å². The van der Waals surface area contributed by atoms with Gasteiger partial charge < -0.3 is 11.1 Å². The van der Waals surface area contributed by atoms with Gasteiger partial charge in [-0.3, -0.25) is 4.68 Å². The van der Waals surface area contributed by atoms with Gasteiger partial charge in [0.1, 0.15) is 10.7 Å². The number of nitrogens with zero attached hydrogens (tertiary/aromatic N) is 4. The second kappa shape index (κ2) is 4.23. The van der Waals surface area contributed by atoms with Crippen molar-refractivity contribution in [3.63, 3.8) is 0 Å². The van der Waals surface area contributed by atoms with Gasteiger partial charge in [-0.15, -0.1) is 0 Å². The molecule has 2 aromatic heterocycles. The van der Waals surface area contributed by atoms with Crippen molar-refractivity contribution in [2.24, 2.45) is 12.8 Å². The fourth-order valence-electron chi connectivity index (χ4n) is 1.21. The number of aromatic nitrogens is 4. The number of anilines is 2. The van der Waals surface area contributed by atoms with E-state index in [9.17, 15) is 0 Å². The quantitative estimate of drug-likeness (QED) is 0.756. The van der Waals surface area contributed by atoms with Gasteiger partial charge in [0.05, 0.1) is 0 Å². The van der Waals surface area contributed by atoms with Gasteiger partial charge in [-0.1, -0.05) is 12.2 Å². The molecule has 0 bridgehead atoms. The summed E-state index contributed by atoms with van der Waals surface area (Å²) >= 11 is 4.88. The largest absolute Gasteiger partial charge is 0.388 e. The number of hydrogen-bond donors (Lipinski definition) is 2. The first kappa shape index (κ1) is 10.5. The molecule has 0 spiro atoms. The lowest BCUT2D eigenvalue weighted by molar-refractivity contribution is 0.771. The minimum absolute atomic E-state index is 0.200. The minimum atomic E-state index is 0.200. The maximum Gasteiger partial charge on any atom is 0.160 e. The Morgan fingerprint density at radius 2 is 2.19 bits per heavy atom. The second-order valence-corrected chi connectivity index (χ2v) is 3.56. The molecule has 3 N–H and O–H groups in total. The molecule has 0 saturated heterocycles. The molecule has 0 unspecified atom stereocenters. The van der Waals surface area contributed by atoms with Crippen LogP contribution in [0.2, 0.25) is 0 Å². The SMILES string of the molecule is Cn1ccc(Nc2nccnc2C(N)=S)n1. The Bertz CT molecular complexity index is 520. The molecule has 0 radical (unpaired) electrons. The first-order chi connectivity index (χ1) is 7.66. The van der Waals surface area contributed by atoms with Gasteiger partial charge in [0, 0.05) is 31.7 Å². The molecular weight excluding hydrogens is 224 g/mol.